The number of thiazole rings is 1. The molecule has 2 heterocycles. The fraction of sp³-hybridized carbons (Fsp3) is 0.118. The number of pyridine rings is 1. The number of hydrogen-bond donors (Lipinski definition) is 3. The number of anilines is 2. The van der Waals surface area contributed by atoms with Gasteiger partial charge in [0.25, 0.3) is 0 Å². The van der Waals surface area contributed by atoms with Gasteiger partial charge in [-0.1, -0.05) is 17.7 Å². The second kappa shape index (κ2) is 7.96. The van der Waals surface area contributed by atoms with Gasteiger partial charge in [0.05, 0.1) is 23.5 Å². The van der Waals surface area contributed by atoms with Crippen LogP contribution >= 0.6 is 22.9 Å². The van der Waals surface area contributed by atoms with E-state index in [1.165, 1.54) is 11.3 Å². The molecule has 0 saturated carbocycles. The lowest BCUT2D eigenvalue weighted by Gasteiger charge is -2.14. The van der Waals surface area contributed by atoms with Crippen LogP contribution in [0, 0.1) is 0 Å². The summed E-state index contributed by atoms with van der Waals surface area (Å²) in [5.41, 5.74) is 2.76. The van der Waals surface area contributed by atoms with Crippen molar-refractivity contribution in [3.8, 4) is 0 Å². The molecule has 128 valence electrons. The predicted octanol–water partition coefficient (Wildman–Crippen LogP) is 4.11. The highest BCUT2D eigenvalue weighted by atomic mass is 35.5. The summed E-state index contributed by atoms with van der Waals surface area (Å²) in [6.45, 7) is 1.09. The third-order valence-electron chi connectivity index (χ3n) is 3.45. The van der Waals surface area contributed by atoms with Crippen molar-refractivity contribution in [1.29, 1.82) is 0 Å². The average molecular weight is 375 g/mol. The Balaban J connectivity index is 1.76. The topological polar surface area (TPSA) is 87.1 Å². The lowest BCUT2D eigenvalue weighted by atomic mass is 10.1. The van der Waals surface area contributed by atoms with Gasteiger partial charge in [-0.25, -0.2) is 9.78 Å². The minimum absolute atomic E-state index is 0.219. The summed E-state index contributed by atoms with van der Waals surface area (Å²) in [4.78, 5) is 20.3. The van der Waals surface area contributed by atoms with Crippen molar-refractivity contribution in [2.24, 2.45) is 0 Å². The van der Waals surface area contributed by atoms with E-state index in [1.54, 1.807) is 36.8 Å². The molecule has 0 radical (unpaired) electrons. The highest BCUT2D eigenvalue weighted by Gasteiger charge is 2.09. The standard InChI is InChI=1S/C17H15ClN4O2S/c18-17-22-10-13(25-17)9-21-15-6-12(16(23)24)3-4-14(15)20-8-11-2-1-5-19-7-11/h1-7,10,20-21H,8-9H2,(H,23,24). The maximum Gasteiger partial charge on any atom is 0.335 e. The number of halogens is 1. The van der Waals surface area contributed by atoms with Gasteiger partial charge in [0.2, 0.25) is 0 Å². The summed E-state index contributed by atoms with van der Waals surface area (Å²) < 4.78 is 0.478. The van der Waals surface area contributed by atoms with Crippen LogP contribution in [0.2, 0.25) is 4.47 Å². The molecule has 0 spiro atoms. The number of carbonyl (C=O) groups is 1. The van der Waals surface area contributed by atoms with Crippen LogP contribution in [-0.4, -0.2) is 21.0 Å². The molecule has 0 amide bonds. The van der Waals surface area contributed by atoms with Crippen molar-refractivity contribution in [3.05, 3.63) is 69.4 Å². The molecule has 6 nitrogen and oxygen atoms in total. The van der Waals surface area contributed by atoms with Crippen LogP contribution in [0.3, 0.4) is 0 Å². The Labute approximate surface area is 153 Å². The van der Waals surface area contributed by atoms with E-state index in [2.05, 4.69) is 20.6 Å². The maximum atomic E-state index is 11.2. The molecule has 0 aliphatic carbocycles. The molecule has 1 aromatic carbocycles. The van der Waals surface area contributed by atoms with Crippen molar-refractivity contribution in [1.82, 2.24) is 9.97 Å². The van der Waals surface area contributed by atoms with Gasteiger partial charge in [-0.3, -0.25) is 4.98 Å². The van der Waals surface area contributed by atoms with Crippen molar-refractivity contribution in [2.45, 2.75) is 13.1 Å². The monoisotopic (exact) mass is 374 g/mol. The first-order chi connectivity index (χ1) is 12.1. The van der Waals surface area contributed by atoms with Crippen LogP contribution in [0.1, 0.15) is 20.8 Å². The van der Waals surface area contributed by atoms with E-state index in [9.17, 15) is 9.90 Å². The number of aromatic nitrogens is 2. The molecular weight excluding hydrogens is 360 g/mol. The summed E-state index contributed by atoms with van der Waals surface area (Å²) >= 11 is 7.22. The Bertz CT molecular complexity index is 870. The molecule has 0 aliphatic heterocycles. The molecule has 0 unspecified atom stereocenters. The first-order valence-electron chi connectivity index (χ1n) is 7.46. The van der Waals surface area contributed by atoms with E-state index >= 15 is 0 Å². The number of aromatic carboxylic acids is 1. The average Bonchev–Trinajstić information content (AvgIpc) is 3.04. The van der Waals surface area contributed by atoms with Crippen LogP contribution in [0.25, 0.3) is 0 Å². The molecule has 0 bridgehead atoms. The minimum atomic E-state index is -0.970. The summed E-state index contributed by atoms with van der Waals surface area (Å²) in [6.07, 6.45) is 5.20. The third-order valence-corrected chi connectivity index (χ3v) is 4.57. The predicted molar refractivity (Wildman–Crippen MR) is 99.4 cm³/mol. The summed E-state index contributed by atoms with van der Waals surface area (Å²) in [7, 11) is 0. The van der Waals surface area contributed by atoms with Gasteiger partial charge < -0.3 is 15.7 Å². The molecule has 8 heteroatoms. The van der Waals surface area contributed by atoms with Crippen LogP contribution in [-0.2, 0) is 13.1 Å². The van der Waals surface area contributed by atoms with E-state index in [-0.39, 0.29) is 5.56 Å². The highest BCUT2D eigenvalue weighted by molar-refractivity contribution is 7.15. The Morgan fingerprint density at radius 1 is 1.16 bits per heavy atom. The zero-order chi connectivity index (χ0) is 17.6. The van der Waals surface area contributed by atoms with Gasteiger partial charge in [-0.15, -0.1) is 11.3 Å². The van der Waals surface area contributed by atoms with Gasteiger partial charge in [-0.05, 0) is 29.8 Å². The van der Waals surface area contributed by atoms with Gasteiger partial charge in [0.1, 0.15) is 0 Å². The maximum absolute atomic E-state index is 11.2. The van der Waals surface area contributed by atoms with Crippen molar-refractivity contribution < 1.29 is 9.90 Å². The molecule has 3 rings (SSSR count). The normalized spacial score (nSPS) is 10.4. The molecule has 3 aromatic rings. The molecule has 0 saturated heterocycles. The second-order valence-electron chi connectivity index (χ2n) is 5.21. The largest absolute Gasteiger partial charge is 0.478 e. The number of rotatable bonds is 7. The van der Waals surface area contributed by atoms with Gasteiger partial charge >= 0.3 is 5.97 Å². The quantitative estimate of drug-likeness (QED) is 0.576. The number of carboxylic acids is 1. The number of nitrogens with zero attached hydrogens (tertiary/aromatic N) is 2. The molecule has 0 aliphatic rings. The summed E-state index contributed by atoms with van der Waals surface area (Å²) in [6, 6.07) is 8.77. The van der Waals surface area contributed by atoms with Crippen LogP contribution in [0.5, 0.6) is 0 Å². The molecule has 0 fully saturated rings. The first kappa shape index (κ1) is 17.2. The van der Waals surface area contributed by atoms with Gasteiger partial charge in [0, 0.05) is 30.0 Å². The van der Waals surface area contributed by atoms with E-state index < -0.39 is 5.97 Å². The third kappa shape index (κ3) is 4.68. The molecule has 25 heavy (non-hydrogen) atoms. The Morgan fingerprint density at radius 3 is 2.68 bits per heavy atom. The van der Waals surface area contributed by atoms with Crippen molar-refractivity contribution in [2.75, 3.05) is 10.6 Å². The molecule has 3 N–H and O–H groups in total. The summed E-state index contributed by atoms with van der Waals surface area (Å²) in [5.74, 6) is -0.970. The zero-order valence-corrected chi connectivity index (χ0v) is 14.6. The number of benzene rings is 1. The lowest BCUT2D eigenvalue weighted by Crippen LogP contribution is -2.07. The number of hydrogen-bond acceptors (Lipinski definition) is 6. The minimum Gasteiger partial charge on any atom is -0.478 e. The fourth-order valence-electron chi connectivity index (χ4n) is 2.23. The summed E-state index contributed by atoms with van der Waals surface area (Å²) in [5, 5.41) is 15.8. The Hall–Kier alpha value is -2.64. The highest BCUT2D eigenvalue weighted by Crippen LogP contribution is 2.26. The molecular formula is C17H15ClN4O2S. The van der Waals surface area contributed by atoms with E-state index in [0.717, 1.165) is 16.1 Å². The second-order valence-corrected chi connectivity index (χ2v) is 6.91. The van der Waals surface area contributed by atoms with Crippen LogP contribution in [0.4, 0.5) is 11.4 Å². The number of carboxylic acid groups (broad SMARTS) is 1. The van der Waals surface area contributed by atoms with Crippen LogP contribution in [0.15, 0.2) is 48.9 Å². The van der Waals surface area contributed by atoms with Crippen LogP contribution < -0.4 is 10.6 Å². The Kier molecular flexibility index (Phi) is 5.47. The zero-order valence-electron chi connectivity index (χ0n) is 13.1. The smallest absolute Gasteiger partial charge is 0.335 e. The van der Waals surface area contributed by atoms with Gasteiger partial charge in [-0.2, -0.15) is 0 Å². The SMILES string of the molecule is O=C(O)c1ccc(NCc2cccnc2)c(NCc2cnc(Cl)s2)c1. The fourth-order valence-corrected chi connectivity index (χ4v) is 3.14. The first-order valence-corrected chi connectivity index (χ1v) is 8.65. The van der Waals surface area contributed by atoms with E-state index in [4.69, 9.17) is 11.6 Å². The van der Waals surface area contributed by atoms with E-state index in [0.29, 0.717) is 23.2 Å². The molecule has 0 atom stereocenters. The number of nitrogens with one attached hydrogen (secondary N) is 2. The van der Waals surface area contributed by atoms with Crippen molar-refractivity contribution in [3.63, 3.8) is 0 Å². The van der Waals surface area contributed by atoms with Gasteiger partial charge in [0.15, 0.2) is 4.47 Å². The van der Waals surface area contributed by atoms with Crippen molar-refractivity contribution >= 4 is 40.3 Å². The van der Waals surface area contributed by atoms with E-state index in [1.807, 2.05) is 12.1 Å². The Morgan fingerprint density at radius 2 is 2.00 bits per heavy atom. The molecule has 2 aromatic heterocycles. The lowest BCUT2D eigenvalue weighted by molar-refractivity contribution is 0.0697.